The van der Waals surface area contributed by atoms with Crippen LogP contribution in [0.4, 0.5) is 0 Å². The lowest BCUT2D eigenvalue weighted by molar-refractivity contribution is 0.0733. The first-order chi connectivity index (χ1) is 11.8. The number of hydrogen-bond donors (Lipinski definition) is 0. The standard InChI is InChI=1S/C20H17N3O/c24-20(16-9-5-2-6-10-16)23-12-11-18-17(14-23)13-21-19(22-18)15-7-3-1-4-8-15/h1-10,13H,11-12,14H2. The third kappa shape index (κ3) is 2.78. The molecule has 4 rings (SSSR count). The van der Waals surface area contributed by atoms with E-state index in [1.54, 1.807) is 0 Å². The molecule has 1 amide bonds. The second-order valence-electron chi connectivity index (χ2n) is 5.87. The Morgan fingerprint density at radius 1 is 0.958 bits per heavy atom. The van der Waals surface area contributed by atoms with Gasteiger partial charge in [-0.1, -0.05) is 48.5 Å². The van der Waals surface area contributed by atoms with Crippen molar-refractivity contribution in [3.8, 4) is 11.4 Å². The van der Waals surface area contributed by atoms with E-state index in [1.807, 2.05) is 71.8 Å². The molecule has 1 aromatic heterocycles. The molecule has 4 heteroatoms. The first-order valence-corrected chi connectivity index (χ1v) is 8.06. The number of fused-ring (bicyclic) bond motifs is 1. The minimum atomic E-state index is 0.0633. The van der Waals surface area contributed by atoms with E-state index in [4.69, 9.17) is 4.98 Å². The van der Waals surface area contributed by atoms with Crippen LogP contribution in [0.15, 0.2) is 66.9 Å². The molecule has 0 atom stereocenters. The minimum Gasteiger partial charge on any atom is -0.334 e. The van der Waals surface area contributed by atoms with Crippen molar-refractivity contribution in [2.75, 3.05) is 6.54 Å². The zero-order valence-corrected chi connectivity index (χ0v) is 13.2. The molecule has 3 aromatic rings. The first kappa shape index (κ1) is 14.6. The van der Waals surface area contributed by atoms with Crippen molar-refractivity contribution >= 4 is 5.91 Å². The number of rotatable bonds is 2. The molecular weight excluding hydrogens is 298 g/mol. The number of aromatic nitrogens is 2. The van der Waals surface area contributed by atoms with Crippen molar-refractivity contribution in [2.45, 2.75) is 13.0 Å². The molecular formula is C20H17N3O. The van der Waals surface area contributed by atoms with Gasteiger partial charge in [-0.25, -0.2) is 9.97 Å². The Labute approximate surface area is 140 Å². The van der Waals surface area contributed by atoms with Gasteiger partial charge in [0.1, 0.15) is 0 Å². The van der Waals surface area contributed by atoms with E-state index in [-0.39, 0.29) is 5.91 Å². The van der Waals surface area contributed by atoms with Crippen LogP contribution in [0.25, 0.3) is 11.4 Å². The van der Waals surface area contributed by atoms with Gasteiger partial charge in [-0.15, -0.1) is 0 Å². The van der Waals surface area contributed by atoms with E-state index in [9.17, 15) is 4.79 Å². The molecule has 1 aliphatic rings. The fourth-order valence-corrected chi connectivity index (χ4v) is 2.98. The zero-order chi connectivity index (χ0) is 16.4. The molecule has 0 saturated heterocycles. The summed E-state index contributed by atoms with van der Waals surface area (Å²) in [6, 6.07) is 19.4. The Balaban J connectivity index is 1.57. The summed E-state index contributed by atoms with van der Waals surface area (Å²) in [5.74, 6) is 0.811. The third-order valence-electron chi connectivity index (χ3n) is 4.27. The Bertz CT molecular complexity index is 863. The van der Waals surface area contributed by atoms with E-state index >= 15 is 0 Å². The maximum absolute atomic E-state index is 12.6. The van der Waals surface area contributed by atoms with Crippen LogP contribution in [-0.4, -0.2) is 27.3 Å². The van der Waals surface area contributed by atoms with Crippen molar-refractivity contribution < 1.29 is 4.79 Å². The summed E-state index contributed by atoms with van der Waals surface area (Å²) in [6.45, 7) is 1.25. The van der Waals surface area contributed by atoms with Gasteiger partial charge in [0.15, 0.2) is 5.82 Å². The monoisotopic (exact) mass is 315 g/mol. The number of amides is 1. The molecule has 0 unspecified atom stereocenters. The Morgan fingerprint density at radius 3 is 2.42 bits per heavy atom. The van der Waals surface area contributed by atoms with Crippen LogP contribution in [0.3, 0.4) is 0 Å². The lowest BCUT2D eigenvalue weighted by atomic mass is 10.1. The average molecular weight is 315 g/mol. The van der Waals surface area contributed by atoms with Gasteiger partial charge in [0, 0.05) is 42.4 Å². The molecule has 0 aliphatic carbocycles. The van der Waals surface area contributed by atoms with Crippen LogP contribution in [0, 0.1) is 0 Å². The molecule has 2 aromatic carbocycles. The lowest BCUT2D eigenvalue weighted by Crippen LogP contribution is -2.36. The van der Waals surface area contributed by atoms with E-state index < -0.39 is 0 Å². The van der Waals surface area contributed by atoms with Gasteiger partial charge >= 0.3 is 0 Å². The summed E-state index contributed by atoms with van der Waals surface area (Å²) in [4.78, 5) is 23.6. The normalized spacial score (nSPS) is 13.4. The maximum Gasteiger partial charge on any atom is 0.254 e. The second kappa shape index (κ2) is 6.24. The van der Waals surface area contributed by atoms with Gasteiger partial charge in [-0.05, 0) is 12.1 Å². The first-order valence-electron chi connectivity index (χ1n) is 8.06. The second-order valence-corrected chi connectivity index (χ2v) is 5.87. The van der Waals surface area contributed by atoms with Crippen molar-refractivity contribution in [3.63, 3.8) is 0 Å². The number of carbonyl (C=O) groups is 1. The largest absolute Gasteiger partial charge is 0.334 e. The van der Waals surface area contributed by atoms with Crippen LogP contribution >= 0.6 is 0 Å². The molecule has 0 bridgehead atoms. The van der Waals surface area contributed by atoms with Gasteiger partial charge < -0.3 is 4.90 Å². The number of carbonyl (C=O) groups excluding carboxylic acids is 1. The van der Waals surface area contributed by atoms with Crippen LogP contribution in [-0.2, 0) is 13.0 Å². The van der Waals surface area contributed by atoms with Crippen LogP contribution in [0.5, 0.6) is 0 Å². The van der Waals surface area contributed by atoms with Crippen LogP contribution < -0.4 is 0 Å². The van der Waals surface area contributed by atoms with Crippen LogP contribution in [0.2, 0.25) is 0 Å². The highest BCUT2D eigenvalue weighted by molar-refractivity contribution is 5.94. The molecule has 0 fully saturated rings. The van der Waals surface area contributed by atoms with Crippen molar-refractivity contribution in [1.29, 1.82) is 0 Å². The number of benzene rings is 2. The zero-order valence-electron chi connectivity index (χ0n) is 13.2. The van der Waals surface area contributed by atoms with E-state index in [2.05, 4.69) is 4.98 Å². The molecule has 0 N–H and O–H groups in total. The molecule has 1 aliphatic heterocycles. The third-order valence-corrected chi connectivity index (χ3v) is 4.27. The fraction of sp³-hybridized carbons (Fsp3) is 0.150. The molecule has 0 radical (unpaired) electrons. The average Bonchev–Trinajstić information content (AvgIpc) is 2.68. The van der Waals surface area contributed by atoms with Gasteiger partial charge in [0.25, 0.3) is 5.91 Å². The summed E-state index contributed by atoms with van der Waals surface area (Å²) in [7, 11) is 0. The van der Waals surface area contributed by atoms with Crippen LogP contribution in [0.1, 0.15) is 21.6 Å². The van der Waals surface area contributed by atoms with Crippen molar-refractivity contribution in [2.24, 2.45) is 0 Å². The SMILES string of the molecule is O=C(c1ccccc1)N1CCc2nc(-c3ccccc3)ncc2C1. The smallest absolute Gasteiger partial charge is 0.254 e. The predicted octanol–water partition coefficient (Wildman–Crippen LogP) is 3.34. The topological polar surface area (TPSA) is 46.1 Å². The molecule has 0 saturated carbocycles. The predicted molar refractivity (Wildman–Crippen MR) is 92.4 cm³/mol. The molecule has 0 spiro atoms. The summed E-state index contributed by atoms with van der Waals surface area (Å²) in [5, 5.41) is 0. The van der Waals surface area contributed by atoms with Gasteiger partial charge in [-0.2, -0.15) is 0 Å². The molecule has 118 valence electrons. The van der Waals surface area contributed by atoms with Gasteiger partial charge in [0.05, 0.1) is 5.69 Å². The van der Waals surface area contributed by atoms with Gasteiger partial charge in [0.2, 0.25) is 0 Å². The van der Waals surface area contributed by atoms with E-state index in [0.29, 0.717) is 13.1 Å². The highest BCUT2D eigenvalue weighted by Gasteiger charge is 2.23. The maximum atomic E-state index is 12.6. The van der Waals surface area contributed by atoms with E-state index in [1.165, 1.54) is 0 Å². The Hall–Kier alpha value is -3.01. The Kier molecular flexibility index (Phi) is 3.79. The highest BCUT2D eigenvalue weighted by atomic mass is 16.2. The number of hydrogen-bond acceptors (Lipinski definition) is 3. The molecule has 4 nitrogen and oxygen atoms in total. The highest BCUT2D eigenvalue weighted by Crippen LogP contribution is 2.22. The summed E-state index contributed by atoms with van der Waals surface area (Å²) >= 11 is 0. The van der Waals surface area contributed by atoms with E-state index in [0.717, 1.165) is 34.6 Å². The van der Waals surface area contributed by atoms with Crippen molar-refractivity contribution in [3.05, 3.63) is 83.7 Å². The minimum absolute atomic E-state index is 0.0633. The molecule has 24 heavy (non-hydrogen) atoms. The van der Waals surface area contributed by atoms with Gasteiger partial charge in [-0.3, -0.25) is 4.79 Å². The summed E-state index contributed by atoms with van der Waals surface area (Å²) in [5.41, 5.74) is 3.82. The summed E-state index contributed by atoms with van der Waals surface area (Å²) in [6.07, 6.45) is 2.62. The summed E-state index contributed by atoms with van der Waals surface area (Å²) < 4.78 is 0. The van der Waals surface area contributed by atoms with Crippen molar-refractivity contribution in [1.82, 2.24) is 14.9 Å². The fourth-order valence-electron chi connectivity index (χ4n) is 2.98. The molecule has 2 heterocycles. The Morgan fingerprint density at radius 2 is 1.67 bits per heavy atom. The quantitative estimate of drug-likeness (QED) is 0.728. The lowest BCUT2D eigenvalue weighted by Gasteiger charge is -2.28. The number of nitrogens with zero attached hydrogens (tertiary/aromatic N) is 3.